The van der Waals surface area contributed by atoms with Crippen LogP contribution in [0.2, 0.25) is 0 Å². The summed E-state index contributed by atoms with van der Waals surface area (Å²) in [6.45, 7) is 28.2. The van der Waals surface area contributed by atoms with Gasteiger partial charge in [0.15, 0.2) is 0 Å². The first-order valence-corrected chi connectivity index (χ1v) is 15.6. The highest BCUT2D eigenvalue weighted by Gasteiger charge is 2.32. The molecule has 0 aromatic heterocycles. The number of benzene rings is 1. The zero-order valence-electron chi connectivity index (χ0n) is 26.3. The molecule has 0 saturated carbocycles. The molecule has 0 fully saturated rings. The van der Waals surface area contributed by atoms with E-state index in [2.05, 4.69) is 69.2 Å². The van der Waals surface area contributed by atoms with Gasteiger partial charge in [-0.3, -0.25) is 0 Å². The average molecular weight is 485 g/mol. The summed E-state index contributed by atoms with van der Waals surface area (Å²) < 4.78 is 0. The van der Waals surface area contributed by atoms with E-state index < -0.39 is 0 Å². The number of rotatable bonds is 13. The molecule has 0 unspecified atom stereocenters. The molecule has 0 N–H and O–H groups in total. The normalized spacial score (nSPS) is 19.4. The van der Waals surface area contributed by atoms with Crippen molar-refractivity contribution in [2.24, 2.45) is 23.2 Å². The molecule has 3 atom stereocenters. The maximum atomic E-state index is 2.58. The van der Waals surface area contributed by atoms with E-state index in [0.29, 0.717) is 11.3 Å². The summed E-state index contributed by atoms with van der Waals surface area (Å²) in [7, 11) is 0. The third-order valence-corrected chi connectivity index (χ3v) is 9.15. The van der Waals surface area contributed by atoms with E-state index in [1.54, 1.807) is 33.4 Å². The third-order valence-electron chi connectivity index (χ3n) is 9.15. The molecule has 0 bridgehead atoms. The molecule has 0 aliphatic heterocycles. The van der Waals surface area contributed by atoms with Gasteiger partial charge in [0.2, 0.25) is 0 Å². The van der Waals surface area contributed by atoms with Crippen molar-refractivity contribution in [1.82, 2.24) is 0 Å². The summed E-state index contributed by atoms with van der Waals surface area (Å²) in [5.74, 6) is 3.31. The van der Waals surface area contributed by atoms with Crippen LogP contribution in [0.4, 0.5) is 0 Å². The molecule has 1 aromatic carbocycles. The molecule has 0 heteroatoms. The minimum Gasteiger partial charge on any atom is -0.0683 e. The number of hydrogen-bond donors (Lipinski definition) is 0. The standard InChI is InChI=1S/C33H58.C2H6/c1-23(2)14-11-15-25(5)16-12-17-26(6)18-13-20-33(10)21-19-30-29(9)32(24(3)4)28(8)27(7)31(30)22-33;1-2/h23-26H,11-22H2,1-10H3;1-2H3/t25-,26-,33-;/m1./s1. The average Bonchev–Trinajstić information content (AvgIpc) is 2.78. The van der Waals surface area contributed by atoms with Gasteiger partial charge in [0.05, 0.1) is 0 Å². The van der Waals surface area contributed by atoms with E-state index in [1.165, 1.54) is 77.0 Å². The van der Waals surface area contributed by atoms with Gasteiger partial charge in [-0.15, -0.1) is 0 Å². The van der Waals surface area contributed by atoms with Gasteiger partial charge in [0.25, 0.3) is 0 Å². The zero-order chi connectivity index (χ0) is 26.8. The lowest BCUT2D eigenvalue weighted by Crippen LogP contribution is -2.28. The van der Waals surface area contributed by atoms with Crippen LogP contribution in [0, 0.1) is 43.9 Å². The minimum absolute atomic E-state index is 0.501. The lowest BCUT2D eigenvalue weighted by Gasteiger charge is -2.38. The van der Waals surface area contributed by atoms with Crippen LogP contribution >= 0.6 is 0 Å². The van der Waals surface area contributed by atoms with Crippen molar-refractivity contribution in [2.45, 2.75) is 166 Å². The summed E-state index contributed by atoms with van der Waals surface area (Å²) in [5, 5.41) is 0. The number of fused-ring (bicyclic) bond motifs is 1. The maximum Gasteiger partial charge on any atom is -0.0213 e. The Morgan fingerprint density at radius 2 is 1.17 bits per heavy atom. The van der Waals surface area contributed by atoms with Gasteiger partial charge in [-0.1, -0.05) is 114 Å². The molecule has 0 radical (unpaired) electrons. The van der Waals surface area contributed by atoms with Crippen LogP contribution < -0.4 is 0 Å². The van der Waals surface area contributed by atoms with Crippen LogP contribution in [0.15, 0.2) is 0 Å². The highest BCUT2D eigenvalue weighted by molar-refractivity contribution is 5.53. The van der Waals surface area contributed by atoms with Crippen LogP contribution in [0.25, 0.3) is 0 Å². The highest BCUT2D eigenvalue weighted by Crippen LogP contribution is 2.44. The van der Waals surface area contributed by atoms with Gasteiger partial charge in [0.1, 0.15) is 0 Å². The number of hydrogen-bond acceptors (Lipinski definition) is 0. The molecule has 204 valence electrons. The van der Waals surface area contributed by atoms with Crippen molar-refractivity contribution in [3.05, 3.63) is 33.4 Å². The third kappa shape index (κ3) is 9.89. The van der Waals surface area contributed by atoms with Crippen molar-refractivity contribution >= 4 is 0 Å². The molecular formula is C35H64. The van der Waals surface area contributed by atoms with E-state index in [9.17, 15) is 0 Å². The fraction of sp³-hybridized carbons (Fsp3) is 0.829. The van der Waals surface area contributed by atoms with Gasteiger partial charge in [0, 0.05) is 0 Å². The molecule has 1 aromatic rings. The molecule has 0 saturated heterocycles. The molecule has 0 heterocycles. The first-order chi connectivity index (χ1) is 16.4. The summed E-state index contributed by atoms with van der Waals surface area (Å²) in [4.78, 5) is 0. The lowest BCUT2D eigenvalue weighted by molar-refractivity contribution is 0.238. The molecule has 1 aliphatic rings. The van der Waals surface area contributed by atoms with Crippen LogP contribution in [0.5, 0.6) is 0 Å². The smallest absolute Gasteiger partial charge is 0.0213 e. The Morgan fingerprint density at radius 3 is 1.69 bits per heavy atom. The zero-order valence-corrected chi connectivity index (χ0v) is 26.3. The molecule has 0 spiro atoms. The van der Waals surface area contributed by atoms with Gasteiger partial charge >= 0.3 is 0 Å². The quantitative estimate of drug-likeness (QED) is 0.261. The highest BCUT2D eigenvalue weighted by atomic mass is 14.4. The Bertz CT molecular complexity index is 737. The van der Waals surface area contributed by atoms with Crippen molar-refractivity contribution in [3.63, 3.8) is 0 Å². The SMILES string of the molecule is CC.Cc1c(C)c(C(C)C)c(C)c2c1C[C@](C)(CCC[C@H](C)CCC[C@H](C)CCCC(C)C)CC2. The predicted molar refractivity (Wildman–Crippen MR) is 161 cm³/mol. The lowest BCUT2D eigenvalue weighted by atomic mass is 9.67. The summed E-state index contributed by atoms with van der Waals surface area (Å²) in [6, 6.07) is 0. The molecule has 1 aliphatic carbocycles. The van der Waals surface area contributed by atoms with Crippen LogP contribution in [0.3, 0.4) is 0 Å². The second kappa shape index (κ2) is 15.5. The van der Waals surface area contributed by atoms with E-state index in [1.807, 2.05) is 13.8 Å². The second-order valence-corrected chi connectivity index (χ2v) is 13.2. The van der Waals surface area contributed by atoms with Crippen LogP contribution in [0.1, 0.15) is 166 Å². The molecular weight excluding hydrogens is 420 g/mol. The van der Waals surface area contributed by atoms with Crippen molar-refractivity contribution in [2.75, 3.05) is 0 Å². The monoisotopic (exact) mass is 485 g/mol. The fourth-order valence-electron chi connectivity index (χ4n) is 6.78. The molecule has 35 heavy (non-hydrogen) atoms. The van der Waals surface area contributed by atoms with E-state index in [0.717, 1.165) is 17.8 Å². The molecule has 0 nitrogen and oxygen atoms in total. The first kappa shape index (κ1) is 32.2. The Labute approximate surface area is 222 Å². The largest absolute Gasteiger partial charge is 0.0683 e. The van der Waals surface area contributed by atoms with E-state index >= 15 is 0 Å². The Balaban J connectivity index is 0.00000298. The van der Waals surface area contributed by atoms with Crippen LogP contribution in [-0.2, 0) is 12.8 Å². The maximum absolute atomic E-state index is 2.58. The second-order valence-electron chi connectivity index (χ2n) is 13.2. The van der Waals surface area contributed by atoms with Crippen LogP contribution in [-0.4, -0.2) is 0 Å². The molecule has 2 rings (SSSR count). The predicted octanol–water partition coefficient (Wildman–Crippen LogP) is 11.7. The van der Waals surface area contributed by atoms with Gasteiger partial charge < -0.3 is 0 Å². The summed E-state index contributed by atoms with van der Waals surface area (Å²) in [6.07, 6.45) is 16.8. The van der Waals surface area contributed by atoms with Crippen molar-refractivity contribution in [1.29, 1.82) is 0 Å². The topological polar surface area (TPSA) is 0 Å². The van der Waals surface area contributed by atoms with Gasteiger partial charge in [-0.25, -0.2) is 0 Å². The van der Waals surface area contributed by atoms with Gasteiger partial charge in [-0.05, 0) is 109 Å². The Hall–Kier alpha value is -0.780. The summed E-state index contributed by atoms with van der Waals surface area (Å²) >= 11 is 0. The van der Waals surface area contributed by atoms with Gasteiger partial charge in [-0.2, -0.15) is 0 Å². The first-order valence-electron chi connectivity index (χ1n) is 15.6. The van der Waals surface area contributed by atoms with E-state index in [-0.39, 0.29) is 0 Å². The molecule has 0 amide bonds. The fourth-order valence-corrected chi connectivity index (χ4v) is 6.78. The Kier molecular flexibility index (Phi) is 14.3. The summed E-state index contributed by atoms with van der Waals surface area (Å²) in [5.41, 5.74) is 10.3. The minimum atomic E-state index is 0.501. The van der Waals surface area contributed by atoms with E-state index in [4.69, 9.17) is 0 Å². The van der Waals surface area contributed by atoms with Crippen molar-refractivity contribution < 1.29 is 0 Å². The Morgan fingerprint density at radius 1 is 0.657 bits per heavy atom. The van der Waals surface area contributed by atoms with Crippen molar-refractivity contribution in [3.8, 4) is 0 Å².